The summed E-state index contributed by atoms with van der Waals surface area (Å²) in [7, 11) is 0. The number of hydrogen-bond acceptors (Lipinski definition) is 4. The summed E-state index contributed by atoms with van der Waals surface area (Å²) >= 11 is 0. The van der Waals surface area contributed by atoms with Crippen LogP contribution >= 0.6 is 0 Å². The van der Waals surface area contributed by atoms with Crippen LogP contribution in [0.1, 0.15) is 38.5 Å². The van der Waals surface area contributed by atoms with E-state index in [4.69, 9.17) is 5.11 Å². The number of amides is 2. The Bertz CT molecular complexity index is 302. The molecule has 0 radical (unpaired) electrons. The molecule has 0 aromatic heterocycles. The zero-order valence-electron chi connectivity index (χ0n) is 9.89. The van der Waals surface area contributed by atoms with E-state index >= 15 is 0 Å². The van der Waals surface area contributed by atoms with Crippen LogP contribution in [0.3, 0.4) is 0 Å². The lowest BCUT2D eigenvalue weighted by molar-refractivity contribution is -0.155. The first-order valence-electron chi connectivity index (χ1n) is 6.18. The third kappa shape index (κ3) is 2.50. The van der Waals surface area contributed by atoms with Crippen LogP contribution in [-0.2, 0) is 9.59 Å². The van der Waals surface area contributed by atoms with Gasteiger partial charge >= 0.3 is 0 Å². The van der Waals surface area contributed by atoms with Gasteiger partial charge in [-0.15, -0.1) is 0 Å². The van der Waals surface area contributed by atoms with E-state index in [0.29, 0.717) is 12.8 Å². The number of aliphatic hydroxyl groups excluding tert-OH is 2. The molecule has 2 N–H and O–H groups in total. The average molecular weight is 241 g/mol. The molecule has 2 aliphatic rings. The average Bonchev–Trinajstić information content (AvgIpc) is 2.71. The monoisotopic (exact) mass is 241 g/mol. The van der Waals surface area contributed by atoms with Crippen molar-refractivity contribution in [3.63, 3.8) is 0 Å². The molecule has 2 rings (SSSR count). The molecular formula is C12H19NO4. The van der Waals surface area contributed by atoms with E-state index in [2.05, 4.69) is 0 Å². The highest BCUT2D eigenvalue weighted by Gasteiger charge is 2.45. The first kappa shape index (κ1) is 12.5. The predicted molar refractivity (Wildman–Crippen MR) is 59.9 cm³/mol. The fourth-order valence-corrected chi connectivity index (χ4v) is 2.98. The van der Waals surface area contributed by atoms with Gasteiger partial charge in [-0.25, -0.2) is 0 Å². The Hall–Kier alpha value is -0.940. The highest BCUT2D eigenvalue weighted by molar-refractivity contribution is 5.98. The Morgan fingerprint density at radius 2 is 1.71 bits per heavy atom. The molecule has 5 nitrogen and oxygen atoms in total. The first-order chi connectivity index (χ1) is 8.06. The molecule has 1 atom stereocenters. The molecule has 2 amide bonds. The van der Waals surface area contributed by atoms with Gasteiger partial charge in [0.15, 0.2) is 0 Å². The summed E-state index contributed by atoms with van der Waals surface area (Å²) in [5.41, 5.74) is -0.102. The van der Waals surface area contributed by atoms with E-state index in [0.717, 1.165) is 30.6 Å². The Morgan fingerprint density at radius 3 is 2.18 bits per heavy atom. The second-order valence-corrected chi connectivity index (χ2v) is 5.30. The lowest BCUT2D eigenvalue weighted by Gasteiger charge is -2.37. The molecule has 1 saturated heterocycles. The molecule has 1 unspecified atom stereocenters. The number of β-amino-alcohol motifs (C(OH)–C–C–N with tert-alkyl or cyclic N) is 1. The quantitative estimate of drug-likeness (QED) is 0.684. The number of carbonyl (C=O) groups excluding carboxylic acids is 2. The lowest BCUT2D eigenvalue weighted by Crippen LogP contribution is -2.50. The molecule has 0 aromatic rings. The summed E-state index contributed by atoms with van der Waals surface area (Å²) in [6.07, 6.45) is 3.91. The van der Waals surface area contributed by atoms with Gasteiger partial charge in [0.2, 0.25) is 11.8 Å². The largest absolute Gasteiger partial charge is 0.394 e. The Morgan fingerprint density at radius 1 is 1.18 bits per heavy atom. The third-order valence-electron chi connectivity index (χ3n) is 3.92. The number of rotatable bonds is 3. The van der Waals surface area contributed by atoms with Crippen molar-refractivity contribution in [2.45, 2.75) is 44.6 Å². The van der Waals surface area contributed by atoms with E-state index < -0.39 is 12.7 Å². The molecule has 0 aromatic carbocycles. The van der Waals surface area contributed by atoms with Gasteiger partial charge in [-0.05, 0) is 18.3 Å². The second-order valence-electron chi connectivity index (χ2n) is 5.30. The van der Waals surface area contributed by atoms with Gasteiger partial charge in [0.1, 0.15) is 0 Å². The molecule has 0 bridgehead atoms. The highest BCUT2D eigenvalue weighted by Crippen LogP contribution is 2.46. The van der Waals surface area contributed by atoms with Crippen molar-refractivity contribution < 1.29 is 19.8 Å². The Kier molecular flexibility index (Phi) is 3.49. The number of piperidine rings is 1. The number of hydrogen-bond donors (Lipinski definition) is 2. The third-order valence-corrected chi connectivity index (χ3v) is 3.92. The SMILES string of the molecule is O=C1CC2(CCCC2)CC(=O)N1CC(O)CO. The van der Waals surface area contributed by atoms with E-state index in [1.54, 1.807) is 0 Å². The van der Waals surface area contributed by atoms with Crippen molar-refractivity contribution in [3.05, 3.63) is 0 Å². The van der Waals surface area contributed by atoms with Crippen molar-refractivity contribution in [2.24, 2.45) is 5.41 Å². The van der Waals surface area contributed by atoms with Gasteiger partial charge < -0.3 is 10.2 Å². The number of aliphatic hydroxyl groups is 2. The van der Waals surface area contributed by atoms with Crippen LogP contribution in [0.15, 0.2) is 0 Å². The number of carbonyl (C=O) groups is 2. The molecular weight excluding hydrogens is 222 g/mol. The van der Waals surface area contributed by atoms with Crippen LogP contribution in [0, 0.1) is 5.41 Å². The Balaban J connectivity index is 2.03. The number of likely N-dealkylation sites (tertiary alicyclic amines) is 1. The van der Waals surface area contributed by atoms with E-state index in [9.17, 15) is 14.7 Å². The smallest absolute Gasteiger partial charge is 0.229 e. The van der Waals surface area contributed by atoms with Crippen LogP contribution in [0.25, 0.3) is 0 Å². The van der Waals surface area contributed by atoms with Crippen LogP contribution in [-0.4, -0.2) is 46.2 Å². The molecule has 17 heavy (non-hydrogen) atoms. The zero-order chi connectivity index (χ0) is 12.5. The van der Waals surface area contributed by atoms with Crippen LogP contribution in [0.2, 0.25) is 0 Å². The maximum Gasteiger partial charge on any atom is 0.229 e. The van der Waals surface area contributed by atoms with Crippen molar-refractivity contribution in [2.75, 3.05) is 13.2 Å². The van der Waals surface area contributed by atoms with E-state index in [1.807, 2.05) is 0 Å². The molecule has 1 spiro atoms. The molecule has 1 saturated carbocycles. The Labute approximate surface area is 100 Å². The molecule has 1 heterocycles. The summed E-state index contributed by atoms with van der Waals surface area (Å²) in [6.45, 7) is -0.507. The van der Waals surface area contributed by atoms with Gasteiger partial charge in [0.05, 0.1) is 19.3 Å². The van der Waals surface area contributed by atoms with Gasteiger partial charge in [0, 0.05) is 12.8 Å². The van der Waals surface area contributed by atoms with E-state index in [-0.39, 0.29) is 23.8 Å². The minimum Gasteiger partial charge on any atom is -0.394 e. The first-order valence-corrected chi connectivity index (χ1v) is 6.18. The molecule has 1 aliphatic heterocycles. The summed E-state index contributed by atoms with van der Waals surface area (Å²) in [4.78, 5) is 25.0. The molecule has 5 heteroatoms. The molecule has 1 aliphatic carbocycles. The summed E-state index contributed by atoms with van der Waals surface area (Å²) in [5, 5.41) is 18.1. The molecule has 2 fully saturated rings. The lowest BCUT2D eigenvalue weighted by atomic mass is 9.76. The zero-order valence-corrected chi connectivity index (χ0v) is 9.89. The summed E-state index contributed by atoms with van der Waals surface area (Å²) in [5.74, 6) is -0.397. The standard InChI is InChI=1S/C12H19NO4/c14-8-9(15)7-13-10(16)5-12(6-11(13)17)3-1-2-4-12/h9,14-15H,1-8H2. The van der Waals surface area contributed by atoms with E-state index in [1.165, 1.54) is 0 Å². The van der Waals surface area contributed by atoms with Crippen molar-refractivity contribution in [1.82, 2.24) is 4.90 Å². The van der Waals surface area contributed by atoms with Crippen LogP contribution < -0.4 is 0 Å². The van der Waals surface area contributed by atoms with Gasteiger partial charge in [-0.3, -0.25) is 14.5 Å². The van der Waals surface area contributed by atoms with Crippen molar-refractivity contribution in [3.8, 4) is 0 Å². The fraction of sp³-hybridized carbons (Fsp3) is 0.833. The van der Waals surface area contributed by atoms with Crippen molar-refractivity contribution in [1.29, 1.82) is 0 Å². The maximum absolute atomic E-state index is 11.9. The van der Waals surface area contributed by atoms with Gasteiger partial charge in [-0.2, -0.15) is 0 Å². The minimum absolute atomic E-state index is 0.0791. The van der Waals surface area contributed by atoms with Gasteiger partial charge in [-0.1, -0.05) is 12.8 Å². The number of nitrogens with zero attached hydrogens (tertiary/aromatic N) is 1. The maximum atomic E-state index is 11.9. The minimum atomic E-state index is -1.03. The van der Waals surface area contributed by atoms with Crippen molar-refractivity contribution >= 4 is 11.8 Å². The number of imide groups is 1. The summed E-state index contributed by atoms with van der Waals surface area (Å²) < 4.78 is 0. The highest BCUT2D eigenvalue weighted by atomic mass is 16.3. The van der Waals surface area contributed by atoms with Crippen LogP contribution in [0.5, 0.6) is 0 Å². The second kappa shape index (κ2) is 4.74. The topological polar surface area (TPSA) is 77.8 Å². The fourth-order valence-electron chi connectivity index (χ4n) is 2.98. The van der Waals surface area contributed by atoms with Crippen LogP contribution in [0.4, 0.5) is 0 Å². The normalized spacial score (nSPS) is 25.6. The molecule has 96 valence electrons. The predicted octanol–water partition coefficient (Wildman–Crippen LogP) is 0.0490. The summed E-state index contributed by atoms with van der Waals surface area (Å²) in [6, 6.07) is 0. The van der Waals surface area contributed by atoms with Gasteiger partial charge in [0.25, 0.3) is 0 Å².